The number of ether oxygens (including phenoxy) is 1. The summed E-state index contributed by atoms with van der Waals surface area (Å²) in [7, 11) is 0. The van der Waals surface area contributed by atoms with Crippen molar-refractivity contribution < 1.29 is 19.4 Å². The van der Waals surface area contributed by atoms with E-state index in [0.717, 1.165) is 12.8 Å². The number of aromatic nitrogens is 1. The average molecular weight is 222 g/mol. The predicted molar refractivity (Wildman–Crippen MR) is 53.4 cm³/mol. The second-order valence-electron chi connectivity index (χ2n) is 3.52. The number of carboxylic acid groups (broad SMARTS) is 1. The molecule has 0 radical (unpaired) electrons. The second kappa shape index (κ2) is 3.80. The van der Waals surface area contributed by atoms with E-state index in [1.807, 2.05) is 0 Å². The molecule has 0 spiro atoms. The highest BCUT2D eigenvalue weighted by Crippen LogP contribution is 2.29. The van der Waals surface area contributed by atoms with Crippen molar-refractivity contribution in [2.75, 3.05) is 0 Å². The van der Waals surface area contributed by atoms with Crippen LogP contribution in [0.3, 0.4) is 0 Å². The first-order valence-corrected chi connectivity index (χ1v) is 4.78. The molecule has 3 N–H and O–H groups in total. The maximum Gasteiger partial charge on any atom is 0.341 e. The van der Waals surface area contributed by atoms with Gasteiger partial charge in [0.1, 0.15) is 17.0 Å². The summed E-state index contributed by atoms with van der Waals surface area (Å²) in [6, 6.07) is 1.42. The zero-order valence-electron chi connectivity index (χ0n) is 8.34. The summed E-state index contributed by atoms with van der Waals surface area (Å²) in [5, 5.41) is 9.00. The quantitative estimate of drug-likeness (QED) is 0.768. The molecule has 0 aliphatic heterocycles. The van der Waals surface area contributed by atoms with Gasteiger partial charge in [-0.25, -0.2) is 9.78 Å². The molecule has 1 amide bonds. The van der Waals surface area contributed by atoms with Crippen LogP contribution in [0.1, 0.15) is 33.7 Å². The van der Waals surface area contributed by atoms with Gasteiger partial charge in [-0.05, 0) is 18.9 Å². The minimum atomic E-state index is -1.27. The fraction of sp³-hybridized carbons (Fsp3) is 0.300. The minimum absolute atomic E-state index is 0.0428. The first-order valence-electron chi connectivity index (χ1n) is 4.78. The van der Waals surface area contributed by atoms with Crippen molar-refractivity contribution in [1.82, 2.24) is 4.98 Å². The Bertz CT molecular complexity index is 454. The number of carbonyl (C=O) groups is 2. The van der Waals surface area contributed by atoms with E-state index in [4.69, 9.17) is 15.6 Å². The summed E-state index contributed by atoms with van der Waals surface area (Å²) >= 11 is 0. The van der Waals surface area contributed by atoms with Crippen LogP contribution in [-0.2, 0) is 0 Å². The molecule has 6 nitrogen and oxygen atoms in total. The SMILES string of the molecule is NC(=O)c1nccc(OC2CC2)c1C(=O)O. The molecule has 0 saturated heterocycles. The van der Waals surface area contributed by atoms with Gasteiger partial charge in [0.05, 0.1) is 6.10 Å². The number of nitrogens with two attached hydrogens (primary N) is 1. The van der Waals surface area contributed by atoms with Gasteiger partial charge in [-0.2, -0.15) is 0 Å². The molecule has 6 heteroatoms. The van der Waals surface area contributed by atoms with Gasteiger partial charge in [0.25, 0.3) is 5.91 Å². The Morgan fingerprint density at radius 1 is 1.50 bits per heavy atom. The third kappa shape index (κ3) is 1.95. The fourth-order valence-corrected chi connectivity index (χ4v) is 1.30. The molecule has 1 aromatic rings. The third-order valence-electron chi connectivity index (χ3n) is 2.18. The van der Waals surface area contributed by atoms with Crippen molar-refractivity contribution in [1.29, 1.82) is 0 Å². The lowest BCUT2D eigenvalue weighted by molar-refractivity contribution is 0.0685. The standard InChI is InChI=1S/C10H10N2O4/c11-9(13)8-7(10(14)15)6(3-4-12-8)16-5-1-2-5/h3-5H,1-2H2,(H2,11,13)(H,14,15). The molecule has 16 heavy (non-hydrogen) atoms. The number of nitrogens with zero attached hydrogens (tertiary/aromatic N) is 1. The zero-order valence-corrected chi connectivity index (χ0v) is 8.34. The van der Waals surface area contributed by atoms with Gasteiger partial charge in [0.15, 0.2) is 0 Å². The number of primary amides is 1. The molecule has 0 atom stereocenters. The van der Waals surface area contributed by atoms with E-state index in [0.29, 0.717) is 0 Å². The van der Waals surface area contributed by atoms with Crippen molar-refractivity contribution in [3.8, 4) is 5.75 Å². The Kier molecular flexibility index (Phi) is 2.47. The van der Waals surface area contributed by atoms with Gasteiger partial charge in [0, 0.05) is 6.20 Å². The lowest BCUT2D eigenvalue weighted by Gasteiger charge is -2.09. The molecule has 1 saturated carbocycles. The molecule has 84 valence electrons. The third-order valence-corrected chi connectivity index (χ3v) is 2.18. The van der Waals surface area contributed by atoms with Crippen LogP contribution in [0.4, 0.5) is 0 Å². The molecule has 0 unspecified atom stereocenters. The van der Waals surface area contributed by atoms with E-state index in [-0.39, 0.29) is 23.1 Å². The van der Waals surface area contributed by atoms with Crippen LogP contribution < -0.4 is 10.5 Å². The number of amides is 1. The summed E-state index contributed by atoms with van der Waals surface area (Å²) in [4.78, 5) is 25.7. The number of carboxylic acids is 1. The van der Waals surface area contributed by atoms with Crippen LogP contribution in [0.5, 0.6) is 5.75 Å². The highest BCUT2D eigenvalue weighted by molar-refractivity contribution is 6.04. The van der Waals surface area contributed by atoms with Crippen molar-refractivity contribution in [2.45, 2.75) is 18.9 Å². The van der Waals surface area contributed by atoms with E-state index in [1.165, 1.54) is 12.3 Å². The summed E-state index contributed by atoms with van der Waals surface area (Å²) in [5.74, 6) is -1.99. The van der Waals surface area contributed by atoms with Gasteiger partial charge in [-0.15, -0.1) is 0 Å². The zero-order chi connectivity index (χ0) is 11.7. The van der Waals surface area contributed by atoms with Crippen molar-refractivity contribution in [3.05, 3.63) is 23.5 Å². The lowest BCUT2D eigenvalue weighted by Crippen LogP contribution is -2.19. The van der Waals surface area contributed by atoms with E-state index in [9.17, 15) is 9.59 Å². The predicted octanol–water partition coefficient (Wildman–Crippen LogP) is 0.420. The topological polar surface area (TPSA) is 103 Å². The Hall–Kier alpha value is -2.11. The second-order valence-corrected chi connectivity index (χ2v) is 3.52. The number of pyridine rings is 1. The Morgan fingerprint density at radius 3 is 2.69 bits per heavy atom. The van der Waals surface area contributed by atoms with Crippen molar-refractivity contribution >= 4 is 11.9 Å². The van der Waals surface area contributed by atoms with Crippen LogP contribution in [0.25, 0.3) is 0 Å². The average Bonchev–Trinajstić information content (AvgIpc) is 3.00. The summed E-state index contributed by atoms with van der Waals surface area (Å²) in [5.41, 5.74) is 4.51. The van der Waals surface area contributed by atoms with Crippen LogP contribution in [0, 0.1) is 0 Å². The maximum absolute atomic E-state index is 11.0. The van der Waals surface area contributed by atoms with Crippen LogP contribution in [0.2, 0.25) is 0 Å². The summed E-state index contributed by atoms with van der Waals surface area (Å²) in [6.07, 6.45) is 3.14. The van der Waals surface area contributed by atoms with E-state index < -0.39 is 11.9 Å². The molecule has 0 aromatic carbocycles. The molecular formula is C10H10N2O4. The normalized spacial score (nSPS) is 14.5. The number of aromatic carboxylic acids is 1. The molecule has 1 fully saturated rings. The Balaban J connectivity index is 2.45. The van der Waals surface area contributed by atoms with Gasteiger partial charge in [0.2, 0.25) is 0 Å². The number of carbonyl (C=O) groups excluding carboxylic acids is 1. The molecule has 1 heterocycles. The van der Waals surface area contributed by atoms with Crippen molar-refractivity contribution in [3.63, 3.8) is 0 Å². The first-order chi connectivity index (χ1) is 7.59. The first kappa shape index (κ1) is 10.4. The van der Waals surface area contributed by atoms with Gasteiger partial charge >= 0.3 is 5.97 Å². The number of hydrogen-bond acceptors (Lipinski definition) is 4. The van der Waals surface area contributed by atoms with Crippen molar-refractivity contribution in [2.24, 2.45) is 5.73 Å². The van der Waals surface area contributed by atoms with Gasteiger partial charge < -0.3 is 15.6 Å². The molecular weight excluding hydrogens is 212 g/mol. The van der Waals surface area contributed by atoms with Crippen LogP contribution in [-0.4, -0.2) is 28.1 Å². The highest BCUT2D eigenvalue weighted by Gasteiger charge is 2.28. The molecule has 2 rings (SSSR count). The number of hydrogen-bond donors (Lipinski definition) is 2. The Labute approximate surface area is 91.0 Å². The molecule has 1 aromatic heterocycles. The smallest absolute Gasteiger partial charge is 0.341 e. The van der Waals surface area contributed by atoms with E-state index in [2.05, 4.69) is 4.98 Å². The van der Waals surface area contributed by atoms with Gasteiger partial charge in [-0.3, -0.25) is 4.79 Å². The summed E-state index contributed by atoms with van der Waals surface area (Å²) in [6.45, 7) is 0. The lowest BCUT2D eigenvalue weighted by atomic mass is 10.1. The molecule has 0 bridgehead atoms. The highest BCUT2D eigenvalue weighted by atomic mass is 16.5. The largest absolute Gasteiger partial charge is 0.489 e. The van der Waals surface area contributed by atoms with E-state index in [1.54, 1.807) is 0 Å². The van der Waals surface area contributed by atoms with Gasteiger partial charge in [-0.1, -0.05) is 0 Å². The Morgan fingerprint density at radius 2 is 2.19 bits per heavy atom. The monoisotopic (exact) mass is 222 g/mol. The fourth-order valence-electron chi connectivity index (χ4n) is 1.30. The number of rotatable bonds is 4. The van der Waals surface area contributed by atoms with Crippen LogP contribution in [0.15, 0.2) is 12.3 Å². The summed E-state index contributed by atoms with van der Waals surface area (Å²) < 4.78 is 5.38. The van der Waals surface area contributed by atoms with E-state index >= 15 is 0 Å². The minimum Gasteiger partial charge on any atom is -0.489 e. The van der Waals surface area contributed by atoms with Crippen LogP contribution >= 0.6 is 0 Å². The maximum atomic E-state index is 11.0. The molecule has 1 aliphatic carbocycles. The molecule has 1 aliphatic rings.